The van der Waals surface area contributed by atoms with Gasteiger partial charge >= 0.3 is 17.1 Å². The fourth-order valence-electron chi connectivity index (χ4n) is 3.33. The van der Waals surface area contributed by atoms with E-state index in [0.717, 1.165) is 18.2 Å². The van der Waals surface area contributed by atoms with Crippen LogP contribution in [-0.2, 0) is 10.9 Å². The van der Waals surface area contributed by atoms with Gasteiger partial charge in [0, 0.05) is 23.0 Å². The van der Waals surface area contributed by atoms with Crippen LogP contribution in [0.15, 0.2) is 60.8 Å². The van der Waals surface area contributed by atoms with Crippen LogP contribution in [0.25, 0.3) is 16.6 Å². The molecule has 11 heteroatoms. The average molecular weight is 461 g/mol. The Morgan fingerprint density at radius 1 is 1.16 bits per heavy atom. The molecule has 1 N–H and O–H groups in total. The second-order valence-corrected chi connectivity index (χ2v) is 7.65. The van der Waals surface area contributed by atoms with Gasteiger partial charge in [-0.15, -0.1) is 0 Å². The summed E-state index contributed by atoms with van der Waals surface area (Å²) in [4.78, 5) is 21.5. The van der Waals surface area contributed by atoms with Gasteiger partial charge in [-0.1, -0.05) is 35.6 Å². The molecule has 0 aliphatic heterocycles. The highest BCUT2D eigenvalue weighted by Crippen LogP contribution is 2.49. The van der Waals surface area contributed by atoms with E-state index >= 15 is 0 Å². The number of methoxy groups -OCH3 is 1. The summed E-state index contributed by atoms with van der Waals surface area (Å²) in [5.74, 6) is -1.30. The van der Waals surface area contributed by atoms with Gasteiger partial charge in [-0.3, -0.25) is 10.1 Å². The highest BCUT2D eigenvalue weighted by molar-refractivity contribution is 7.18. The summed E-state index contributed by atoms with van der Waals surface area (Å²) < 4.78 is 47.7. The second kappa shape index (κ2) is 8.00. The van der Waals surface area contributed by atoms with Crippen molar-refractivity contribution in [3.8, 4) is 5.69 Å². The molecule has 164 valence electrons. The Bertz CT molecular complexity index is 1330. The number of hydrogen-bond acceptors (Lipinski definition) is 6. The first-order valence-electron chi connectivity index (χ1n) is 9.11. The molecule has 2 heterocycles. The molecule has 0 bridgehead atoms. The Hall–Kier alpha value is -3.86. The number of rotatable bonds is 5. The summed E-state index contributed by atoms with van der Waals surface area (Å²) in [6.07, 6.45) is -3.21. The van der Waals surface area contributed by atoms with Gasteiger partial charge in [0.1, 0.15) is 16.1 Å². The van der Waals surface area contributed by atoms with Gasteiger partial charge in [-0.2, -0.15) is 13.2 Å². The van der Waals surface area contributed by atoms with Crippen LogP contribution in [-0.4, -0.2) is 22.6 Å². The number of anilines is 2. The Kier molecular flexibility index (Phi) is 5.35. The zero-order valence-corrected chi connectivity index (χ0v) is 17.2. The number of carbonyl (C=O) groups excluding carboxylic acids is 1. The Morgan fingerprint density at radius 3 is 2.50 bits per heavy atom. The molecule has 4 aromatic rings. The third kappa shape index (κ3) is 3.78. The maximum atomic E-state index is 13.8. The maximum absolute atomic E-state index is 13.8. The van der Waals surface area contributed by atoms with Gasteiger partial charge in [0.2, 0.25) is 0 Å². The number of esters is 1. The highest BCUT2D eigenvalue weighted by atomic mass is 32.1. The van der Waals surface area contributed by atoms with E-state index in [9.17, 15) is 28.1 Å². The monoisotopic (exact) mass is 461 g/mol. The lowest BCUT2D eigenvalue weighted by atomic mass is 10.1. The summed E-state index contributed by atoms with van der Waals surface area (Å²) in [7, 11) is 0.910. The molecular weight excluding hydrogens is 447 g/mol. The van der Waals surface area contributed by atoms with Gasteiger partial charge in [-0.25, -0.2) is 4.79 Å². The summed E-state index contributed by atoms with van der Waals surface area (Å²) in [5.41, 5.74) is -0.521. The highest BCUT2D eigenvalue weighted by Gasteiger charge is 2.45. The fraction of sp³-hybridized carbons (Fsp3) is 0.0952. The van der Waals surface area contributed by atoms with Crippen molar-refractivity contribution in [3.63, 3.8) is 0 Å². The zero-order valence-electron chi connectivity index (χ0n) is 16.3. The van der Waals surface area contributed by atoms with Gasteiger partial charge < -0.3 is 14.6 Å². The van der Waals surface area contributed by atoms with Crippen molar-refractivity contribution in [2.24, 2.45) is 0 Å². The lowest BCUT2D eigenvalue weighted by molar-refractivity contribution is -0.379. The van der Waals surface area contributed by atoms with E-state index in [0.29, 0.717) is 5.52 Å². The van der Waals surface area contributed by atoms with Crippen molar-refractivity contribution >= 4 is 44.6 Å². The predicted octanol–water partition coefficient (Wildman–Crippen LogP) is 6.15. The van der Waals surface area contributed by atoms with E-state index in [2.05, 4.69) is 10.1 Å². The number of nitro groups is 1. The normalized spacial score (nSPS) is 11.5. The number of nitrogens with one attached hydrogen (secondary N) is 1. The van der Waals surface area contributed by atoms with Gasteiger partial charge in [0.05, 0.1) is 17.5 Å². The van der Waals surface area contributed by atoms with Crippen LogP contribution in [0.1, 0.15) is 15.2 Å². The number of nitrogens with zero attached hydrogens (tertiary/aromatic N) is 2. The molecule has 0 spiro atoms. The van der Waals surface area contributed by atoms with Crippen LogP contribution < -0.4 is 5.32 Å². The minimum Gasteiger partial charge on any atom is -0.465 e. The topological polar surface area (TPSA) is 86.4 Å². The minimum absolute atomic E-state index is 0.117. The van der Waals surface area contributed by atoms with Crippen molar-refractivity contribution < 1.29 is 27.6 Å². The number of carbonyl (C=O) groups is 1. The van der Waals surface area contributed by atoms with Crippen molar-refractivity contribution in [1.82, 2.24) is 4.57 Å². The maximum Gasteiger partial charge on any atom is 0.420 e. The van der Waals surface area contributed by atoms with Crippen molar-refractivity contribution in [2.75, 3.05) is 12.4 Å². The molecule has 32 heavy (non-hydrogen) atoms. The molecule has 0 fully saturated rings. The Labute approximate surface area is 182 Å². The molecule has 0 aliphatic rings. The van der Waals surface area contributed by atoms with Crippen LogP contribution in [0.5, 0.6) is 0 Å². The van der Waals surface area contributed by atoms with Crippen molar-refractivity contribution in [1.29, 1.82) is 0 Å². The molecule has 2 aromatic heterocycles. The molecule has 0 aliphatic carbocycles. The number of fused-ring (bicyclic) bond motifs is 1. The zero-order chi connectivity index (χ0) is 23.0. The SMILES string of the molecule is COC(=O)c1sc([N+](=O)[O-])c(Nc2ccc3ccn(-c4ccccc4)c3c2)c1C(F)(F)F. The van der Waals surface area contributed by atoms with E-state index < -0.39 is 38.2 Å². The average Bonchev–Trinajstić information content (AvgIpc) is 3.35. The van der Waals surface area contributed by atoms with Gasteiger partial charge in [0.25, 0.3) is 0 Å². The van der Waals surface area contributed by atoms with Gasteiger partial charge in [0.15, 0.2) is 0 Å². The Morgan fingerprint density at radius 2 is 1.88 bits per heavy atom. The van der Waals surface area contributed by atoms with Crippen LogP contribution >= 0.6 is 11.3 Å². The third-order valence-corrected chi connectivity index (χ3v) is 5.83. The lowest BCUT2D eigenvalue weighted by Gasteiger charge is -2.12. The number of ether oxygens (including phenoxy) is 1. The lowest BCUT2D eigenvalue weighted by Crippen LogP contribution is -2.13. The molecule has 0 saturated carbocycles. The molecule has 0 radical (unpaired) electrons. The number of benzene rings is 2. The van der Waals surface area contributed by atoms with E-state index in [1.807, 2.05) is 47.2 Å². The number of halogens is 3. The molecule has 0 unspecified atom stereocenters. The van der Waals surface area contributed by atoms with Gasteiger partial charge in [-0.05, 0) is 30.3 Å². The summed E-state index contributed by atoms with van der Waals surface area (Å²) in [5, 5.41) is 14.0. The predicted molar refractivity (Wildman–Crippen MR) is 114 cm³/mol. The smallest absolute Gasteiger partial charge is 0.420 e. The second-order valence-electron chi connectivity index (χ2n) is 6.65. The van der Waals surface area contributed by atoms with Crippen molar-refractivity contribution in [2.45, 2.75) is 6.18 Å². The van der Waals surface area contributed by atoms with Crippen LogP contribution in [0.3, 0.4) is 0 Å². The quantitative estimate of drug-likeness (QED) is 0.219. The standard InChI is InChI=1S/C21H14F3N3O4S/c1-31-20(28)18-16(21(22,23)24)17(19(32-18)27(29)30)25-13-8-7-12-9-10-26(15(12)11-13)14-5-3-2-4-6-14/h2-11,25H,1H3. The van der Waals surface area contributed by atoms with Crippen LogP contribution in [0, 0.1) is 10.1 Å². The fourth-order valence-corrected chi connectivity index (χ4v) is 4.34. The summed E-state index contributed by atoms with van der Waals surface area (Å²) in [6, 6.07) is 15.9. The summed E-state index contributed by atoms with van der Waals surface area (Å²) in [6.45, 7) is 0. The van der Waals surface area contributed by atoms with E-state index in [1.165, 1.54) is 6.07 Å². The molecule has 4 rings (SSSR count). The Balaban J connectivity index is 1.86. The number of hydrogen-bond donors (Lipinski definition) is 1. The number of aromatic nitrogens is 1. The first-order valence-corrected chi connectivity index (χ1v) is 9.92. The van der Waals surface area contributed by atoms with E-state index in [-0.39, 0.29) is 17.0 Å². The number of alkyl halides is 3. The first kappa shape index (κ1) is 21.4. The summed E-state index contributed by atoms with van der Waals surface area (Å²) >= 11 is 0.117. The third-order valence-electron chi connectivity index (χ3n) is 4.71. The number of thiophene rings is 1. The van der Waals surface area contributed by atoms with E-state index in [4.69, 9.17) is 0 Å². The number of para-hydroxylation sites is 1. The molecule has 7 nitrogen and oxygen atoms in total. The van der Waals surface area contributed by atoms with Crippen molar-refractivity contribution in [3.05, 3.63) is 81.3 Å². The molecule has 0 atom stereocenters. The molecular formula is C21H14F3N3O4S. The van der Waals surface area contributed by atoms with E-state index in [1.54, 1.807) is 12.1 Å². The minimum atomic E-state index is -5.02. The largest absolute Gasteiger partial charge is 0.465 e. The van der Waals surface area contributed by atoms with Crippen LogP contribution in [0.2, 0.25) is 0 Å². The van der Waals surface area contributed by atoms with Crippen LogP contribution in [0.4, 0.5) is 29.5 Å². The molecule has 0 saturated heterocycles. The molecule has 0 amide bonds. The molecule has 2 aromatic carbocycles. The first-order chi connectivity index (χ1) is 15.2.